The van der Waals surface area contributed by atoms with Crippen LogP contribution < -0.4 is 4.74 Å². The summed E-state index contributed by atoms with van der Waals surface area (Å²) in [5.41, 5.74) is 1.76. The van der Waals surface area contributed by atoms with Crippen LogP contribution in [0.15, 0.2) is 18.2 Å². The van der Waals surface area contributed by atoms with Crippen molar-refractivity contribution in [3.8, 4) is 11.8 Å². The number of benzene rings is 1. The van der Waals surface area contributed by atoms with Gasteiger partial charge in [0.2, 0.25) is 0 Å². The highest BCUT2D eigenvalue weighted by Crippen LogP contribution is 2.37. The molecular formula is C14H19NO. The van der Waals surface area contributed by atoms with Crippen molar-refractivity contribution in [2.24, 2.45) is 0 Å². The van der Waals surface area contributed by atoms with E-state index in [0.717, 1.165) is 29.7 Å². The highest BCUT2D eigenvalue weighted by Gasteiger charge is 2.31. The summed E-state index contributed by atoms with van der Waals surface area (Å²) >= 11 is 0. The van der Waals surface area contributed by atoms with Crippen LogP contribution in [0, 0.1) is 18.3 Å². The predicted molar refractivity (Wildman–Crippen MR) is 65.6 cm³/mol. The zero-order chi connectivity index (χ0) is 12.2. The molecule has 0 heterocycles. The highest BCUT2D eigenvalue weighted by molar-refractivity contribution is 5.45. The van der Waals surface area contributed by atoms with E-state index in [1.165, 1.54) is 0 Å². The quantitative estimate of drug-likeness (QED) is 0.772. The van der Waals surface area contributed by atoms with Crippen molar-refractivity contribution in [2.45, 2.75) is 39.0 Å². The van der Waals surface area contributed by atoms with E-state index in [1.807, 2.05) is 19.1 Å². The van der Waals surface area contributed by atoms with Crippen LogP contribution in [0.2, 0.25) is 0 Å². The van der Waals surface area contributed by atoms with E-state index in [1.54, 1.807) is 7.11 Å². The lowest BCUT2D eigenvalue weighted by molar-refractivity contribution is 0.391. The standard InChI is InChI=1S/C14H19NO/c1-5-14(6-2,10-15)12-9-11(3)7-8-13(12)16-4/h7-9H,5-6H2,1-4H3. The summed E-state index contributed by atoms with van der Waals surface area (Å²) < 4.78 is 5.36. The smallest absolute Gasteiger partial charge is 0.123 e. The SMILES string of the molecule is CCC(C#N)(CC)c1cc(C)ccc1OC. The average molecular weight is 217 g/mol. The molecule has 1 aromatic carbocycles. The number of nitriles is 1. The molecule has 1 rings (SSSR count). The fraction of sp³-hybridized carbons (Fsp3) is 0.500. The lowest BCUT2D eigenvalue weighted by Crippen LogP contribution is -2.23. The topological polar surface area (TPSA) is 33.0 Å². The van der Waals surface area contributed by atoms with Crippen molar-refractivity contribution in [1.82, 2.24) is 0 Å². The van der Waals surface area contributed by atoms with E-state index in [4.69, 9.17) is 4.74 Å². The fourth-order valence-corrected chi connectivity index (χ4v) is 2.05. The molecule has 0 aliphatic heterocycles. The fourth-order valence-electron chi connectivity index (χ4n) is 2.05. The van der Waals surface area contributed by atoms with Gasteiger partial charge in [0, 0.05) is 5.56 Å². The van der Waals surface area contributed by atoms with Crippen LogP contribution in [0.3, 0.4) is 0 Å². The number of hydrogen-bond acceptors (Lipinski definition) is 2. The van der Waals surface area contributed by atoms with Crippen LogP contribution in [-0.2, 0) is 5.41 Å². The number of hydrogen-bond donors (Lipinski definition) is 0. The van der Waals surface area contributed by atoms with Gasteiger partial charge in [-0.15, -0.1) is 0 Å². The molecule has 86 valence electrons. The molecule has 0 aliphatic rings. The Morgan fingerprint density at radius 1 is 1.31 bits per heavy atom. The number of methoxy groups -OCH3 is 1. The van der Waals surface area contributed by atoms with Gasteiger partial charge >= 0.3 is 0 Å². The Morgan fingerprint density at radius 2 is 1.94 bits per heavy atom. The summed E-state index contributed by atoms with van der Waals surface area (Å²) in [4.78, 5) is 0. The third kappa shape index (κ3) is 2.04. The minimum atomic E-state index is -0.419. The van der Waals surface area contributed by atoms with Gasteiger partial charge in [-0.25, -0.2) is 0 Å². The largest absolute Gasteiger partial charge is 0.496 e. The molecule has 0 unspecified atom stereocenters. The average Bonchev–Trinajstić information content (AvgIpc) is 2.32. The molecule has 0 aliphatic carbocycles. The van der Waals surface area contributed by atoms with E-state index >= 15 is 0 Å². The van der Waals surface area contributed by atoms with Crippen molar-refractivity contribution >= 4 is 0 Å². The predicted octanol–water partition coefficient (Wildman–Crippen LogP) is 3.59. The van der Waals surface area contributed by atoms with E-state index < -0.39 is 5.41 Å². The molecule has 0 spiro atoms. The Morgan fingerprint density at radius 3 is 2.38 bits per heavy atom. The molecular weight excluding hydrogens is 198 g/mol. The monoisotopic (exact) mass is 217 g/mol. The Labute approximate surface area is 97.9 Å². The second-order valence-electron chi connectivity index (χ2n) is 4.10. The molecule has 0 atom stereocenters. The van der Waals surface area contributed by atoms with Crippen LogP contribution in [0.25, 0.3) is 0 Å². The molecule has 0 N–H and O–H groups in total. The maximum Gasteiger partial charge on any atom is 0.123 e. The first kappa shape index (κ1) is 12.6. The summed E-state index contributed by atoms with van der Waals surface area (Å²) in [5.74, 6) is 0.816. The van der Waals surface area contributed by atoms with Gasteiger partial charge in [-0.05, 0) is 25.8 Å². The van der Waals surface area contributed by atoms with Gasteiger partial charge in [0.25, 0.3) is 0 Å². The number of rotatable bonds is 4. The lowest BCUT2D eigenvalue weighted by atomic mass is 9.76. The molecule has 0 fully saturated rings. The number of nitrogens with zero attached hydrogens (tertiary/aromatic N) is 1. The van der Waals surface area contributed by atoms with Gasteiger partial charge in [-0.2, -0.15) is 5.26 Å². The van der Waals surface area contributed by atoms with Gasteiger partial charge in [-0.3, -0.25) is 0 Å². The Balaban J connectivity index is 3.39. The van der Waals surface area contributed by atoms with Crippen molar-refractivity contribution < 1.29 is 4.74 Å². The first-order valence-electron chi connectivity index (χ1n) is 5.70. The van der Waals surface area contributed by atoms with Crippen molar-refractivity contribution in [2.75, 3.05) is 7.11 Å². The molecule has 2 heteroatoms. The lowest BCUT2D eigenvalue weighted by Gasteiger charge is -2.26. The summed E-state index contributed by atoms with van der Waals surface area (Å²) in [6, 6.07) is 8.47. The van der Waals surface area contributed by atoms with E-state index in [0.29, 0.717) is 0 Å². The second-order valence-corrected chi connectivity index (χ2v) is 4.10. The van der Waals surface area contributed by atoms with E-state index in [2.05, 4.69) is 26.0 Å². The first-order valence-corrected chi connectivity index (χ1v) is 5.70. The minimum Gasteiger partial charge on any atom is -0.496 e. The van der Waals surface area contributed by atoms with Gasteiger partial charge in [0.1, 0.15) is 5.75 Å². The molecule has 0 aromatic heterocycles. The zero-order valence-electron chi connectivity index (χ0n) is 10.5. The number of ether oxygens (including phenoxy) is 1. The van der Waals surface area contributed by atoms with Crippen molar-refractivity contribution in [3.05, 3.63) is 29.3 Å². The molecule has 0 radical (unpaired) electrons. The second kappa shape index (κ2) is 5.03. The molecule has 0 saturated heterocycles. The van der Waals surface area contributed by atoms with Gasteiger partial charge < -0.3 is 4.74 Å². The molecule has 0 bridgehead atoms. The van der Waals surface area contributed by atoms with Crippen molar-refractivity contribution in [1.29, 1.82) is 5.26 Å². The molecule has 2 nitrogen and oxygen atoms in total. The Bertz CT molecular complexity index is 400. The summed E-state index contributed by atoms with van der Waals surface area (Å²) in [7, 11) is 1.65. The zero-order valence-corrected chi connectivity index (χ0v) is 10.5. The van der Waals surface area contributed by atoms with Gasteiger partial charge in [0.05, 0.1) is 18.6 Å². The number of aryl methyl sites for hydroxylation is 1. The molecule has 16 heavy (non-hydrogen) atoms. The molecule has 1 aromatic rings. The Hall–Kier alpha value is -1.49. The third-order valence-electron chi connectivity index (χ3n) is 3.29. The summed E-state index contributed by atoms with van der Waals surface area (Å²) in [5, 5.41) is 9.44. The molecule has 0 saturated carbocycles. The Kier molecular flexibility index (Phi) is 3.95. The van der Waals surface area contributed by atoms with E-state index in [9.17, 15) is 5.26 Å². The van der Waals surface area contributed by atoms with Crippen molar-refractivity contribution in [3.63, 3.8) is 0 Å². The van der Waals surface area contributed by atoms with Gasteiger partial charge in [0.15, 0.2) is 0 Å². The van der Waals surface area contributed by atoms with Crippen LogP contribution in [0.4, 0.5) is 0 Å². The van der Waals surface area contributed by atoms with E-state index in [-0.39, 0.29) is 0 Å². The minimum absolute atomic E-state index is 0.419. The van der Waals surface area contributed by atoms with Crippen LogP contribution in [0.5, 0.6) is 5.75 Å². The van der Waals surface area contributed by atoms with Gasteiger partial charge in [-0.1, -0.05) is 31.5 Å². The van der Waals surface area contributed by atoms with Crippen LogP contribution in [-0.4, -0.2) is 7.11 Å². The van der Waals surface area contributed by atoms with Crippen LogP contribution in [0.1, 0.15) is 37.8 Å². The van der Waals surface area contributed by atoms with Crippen LogP contribution >= 0.6 is 0 Å². The maximum atomic E-state index is 9.44. The first-order chi connectivity index (χ1) is 7.63. The normalized spacial score (nSPS) is 10.9. The summed E-state index contributed by atoms with van der Waals surface area (Å²) in [6.45, 7) is 6.14. The third-order valence-corrected chi connectivity index (χ3v) is 3.29. The molecule has 0 amide bonds. The maximum absolute atomic E-state index is 9.44. The highest BCUT2D eigenvalue weighted by atomic mass is 16.5. The summed E-state index contributed by atoms with van der Waals surface area (Å²) in [6.07, 6.45) is 1.61.